The van der Waals surface area contributed by atoms with Crippen molar-refractivity contribution in [1.29, 1.82) is 0 Å². The molecule has 0 bridgehead atoms. The number of rotatable bonds is 8. The highest BCUT2D eigenvalue weighted by atomic mass is 31.2. The Morgan fingerprint density at radius 3 is 1.00 bits per heavy atom. The summed E-state index contributed by atoms with van der Waals surface area (Å²) in [7, 11) is -9.78. The van der Waals surface area contributed by atoms with E-state index in [1.807, 2.05) is 0 Å². The van der Waals surface area contributed by atoms with Gasteiger partial charge < -0.3 is 40.8 Å². The van der Waals surface area contributed by atoms with E-state index in [0.29, 0.717) is 0 Å². The van der Waals surface area contributed by atoms with E-state index in [4.69, 9.17) is 38.5 Å². The molecule has 0 heterocycles. The smallest absolute Gasteiger partial charge is 0.262 e. The van der Waals surface area contributed by atoms with Crippen LogP contribution in [-0.4, -0.2) is 32.7 Å². The van der Waals surface area contributed by atoms with Gasteiger partial charge in [-0.3, -0.25) is 9.13 Å². The molecule has 0 aromatic carbocycles. The maximum absolute atomic E-state index is 8.77. The second kappa shape index (κ2) is 23.1. The molecule has 0 spiro atoms. The Morgan fingerprint density at radius 2 is 0.875 bits per heavy atom. The molecule has 152 valence electrons. The average Bonchev–Trinajstić information content (AvgIpc) is 2.37. The molecule has 0 aliphatic heterocycles. The molecule has 0 aromatic rings. The summed E-state index contributed by atoms with van der Waals surface area (Å²) in [6, 6.07) is 0. The molecular formula is C12H36N2O8P2. The molecule has 0 rings (SSSR count). The van der Waals surface area contributed by atoms with Gasteiger partial charge in [0.15, 0.2) is 0 Å². The Morgan fingerprint density at radius 1 is 0.667 bits per heavy atom. The van der Waals surface area contributed by atoms with Crippen LogP contribution in [0.1, 0.15) is 65.2 Å². The summed E-state index contributed by atoms with van der Waals surface area (Å²) in [6.45, 7) is 6.67. The lowest BCUT2D eigenvalue weighted by Crippen LogP contribution is -2.50. The number of quaternary nitrogens is 2. The molecule has 0 aliphatic rings. The van der Waals surface area contributed by atoms with Gasteiger partial charge in [0.2, 0.25) is 0 Å². The molecule has 0 atom stereocenters. The van der Waals surface area contributed by atoms with E-state index in [1.165, 1.54) is 51.4 Å². The van der Waals surface area contributed by atoms with Crippen molar-refractivity contribution in [2.45, 2.75) is 65.2 Å². The second-order valence-corrected chi connectivity index (χ2v) is 6.77. The zero-order valence-corrected chi connectivity index (χ0v) is 16.6. The van der Waals surface area contributed by atoms with Crippen molar-refractivity contribution in [1.82, 2.24) is 0 Å². The fourth-order valence-electron chi connectivity index (χ4n) is 1.21. The summed E-state index contributed by atoms with van der Waals surface area (Å²) in [4.78, 5) is 45.8. The first kappa shape index (κ1) is 31.9. The third-order valence-electron chi connectivity index (χ3n) is 2.21. The minimum Gasteiger partial charge on any atom is -0.756 e. The Bertz CT molecular complexity index is 255. The molecule has 0 saturated heterocycles. The van der Waals surface area contributed by atoms with Crippen molar-refractivity contribution in [2.24, 2.45) is 0 Å². The van der Waals surface area contributed by atoms with Crippen LogP contribution in [0.15, 0.2) is 0 Å². The fourth-order valence-corrected chi connectivity index (χ4v) is 1.21. The minimum atomic E-state index is -4.89. The number of hydrogen-bond donors (Lipinski definition) is 6. The van der Waals surface area contributed by atoms with Gasteiger partial charge in [0.05, 0.1) is 13.1 Å². The lowest BCUT2D eigenvalue weighted by atomic mass is 10.2. The summed E-state index contributed by atoms with van der Waals surface area (Å²) in [6.07, 6.45) is 10.8. The van der Waals surface area contributed by atoms with Gasteiger partial charge in [-0.05, 0) is 25.7 Å². The normalized spacial score (nSPS) is 10.4. The third kappa shape index (κ3) is 149. The second-order valence-electron chi connectivity index (χ2n) is 4.81. The topological polar surface area (TPSA) is 216 Å². The summed E-state index contributed by atoms with van der Waals surface area (Å²) in [5.41, 5.74) is 7.51. The number of hydrogen-bond acceptors (Lipinski definition) is 4. The Hall–Kier alpha value is 0.140. The molecule has 0 saturated carbocycles. The van der Waals surface area contributed by atoms with Crippen LogP contribution < -0.4 is 21.3 Å². The van der Waals surface area contributed by atoms with Crippen molar-refractivity contribution < 1.29 is 50.0 Å². The van der Waals surface area contributed by atoms with Crippen LogP contribution in [0, 0.1) is 0 Å². The fraction of sp³-hybridized carbons (Fsp3) is 1.00. The molecule has 0 amide bonds. The molecule has 10 N–H and O–H groups in total. The van der Waals surface area contributed by atoms with Gasteiger partial charge in [0, 0.05) is 0 Å². The van der Waals surface area contributed by atoms with E-state index < -0.39 is 15.6 Å². The van der Waals surface area contributed by atoms with Crippen LogP contribution in [0.4, 0.5) is 0 Å². The van der Waals surface area contributed by atoms with E-state index in [1.54, 1.807) is 0 Å². The van der Waals surface area contributed by atoms with Crippen LogP contribution in [0.25, 0.3) is 0 Å². The van der Waals surface area contributed by atoms with Gasteiger partial charge in [-0.15, -0.1) is 0 Å². The predicted octanol–water partition coefficient (Wildman–Crippen LogP) is -1.50. The highest BCUT2D eigenvalue weighted by molar-refractivity contribution is 7.43. The lowest BCUT2D eigenvalue weighted by Gasteiger charge is -2.01. The van der Waals surface area contributed by atoms with Gasteiger partial charge >= 0.3 is 0 Å². The van der Waals surface area contributed by atoms with Gasteiger partial charge in [0.25, 0.3) is 15.6 Å². The van der Waals surface area contributed by atoms with Crippen LogP contribution in [0.5, 0.6) is 0 Å². The first-order valence-electron chi connectivity index (χ1n) is 7.94. The summed E-state index contributed by atoms with van der Waals surface area (Å²) < 4.78 is 17.5. The van der Waals surface area contributed by atoms with Crippen molar-refractivity contribution >= 4 is 15.6 Å². The van der Waals surface area contributed by atoms with Gasteiger partial charge in [-0.1, -0.05) is 39.5 Å². The zero-order valence-electron chi connectivity index (χ0n) is 14.8. The first-order valence-corrected chi connectivity index (χ1v) is 11.0. The largest absolute Gasteiger partial charge is 0.756 e. The van der Waals surface area contributed by atoms with Crippen molar-refractivity contribution in [3.63, 3.8) is 0 Å². The summed E-state index contributed by atoms with van der Waals surface area (Å²) in [5.74, 6) is 0. The quantitative estimate of drug-likeness (QED) is 0.208. The van der Waals surface area contributed by atoms with E-state index in [0.717, 1.165) is 13.1 Å². The molecule has 24 heavy (non-hydrogen) atoms. The van der Waals surface area contributed by atoms with Crippen LogP contribution in [0.3, 0.4) is 0 Å². The molecule has 0 aliphatic carbocycles. The highest BCUT2D eigenvalue weighted by Crippen LogP contribution is 2.19. The predicted molar refractivity (Wildman–Crippen MR) is 87.9 cm³/mol. The Labute approximate surface area is 144 Å². The Balaban J connectivity index is -0.000000113. The number of unbranched alkanes of at least 4 members (excludes halogenated alkanes) is 6. The zero-order chi connectivity index (χ0) is 20.1. The first-order chi connectivity index (χ1) is 10.8. The molecule has 0 radical (unpaired) electrons. The van der Waals surface area contributed by atoms with Gasteiger partial charge in [-0.25, -0.2) is 0 Å². The summed E-state index contributed by atoms with van der Waals surface area (Å²) >= 11 is 0. The van der Waals surface area contributed by atoms with Crippen molar-refractivity contribution in [3.8, 4) is 0 Å². The minimum absolute atomic E-state index is 1.11. The number of phosphoric acid groups is 2. The van der Waals surface area contributed by atoms with Crippen LogP contribution in [0.2, 0.25) is 0 Å². The van der Waals surface area contributed by atoms with E-state index in [-0.39, 0.29) is 0 Å². The van der Waals surface area contributed by atoms with E-state index >= 15 is 0 Å². The van der Waals surface area contributed by atoms with Crippen molar-refractivity contribution in [2.75, 3.05) is 13.1 Å². The monoisotopic (exact) mass is 398 g/mol. The van der Waals surface area contributed by atoms with Gasteiger partial charge in [-0.2, -0.15) is 0 Å². The maximum Gasteiger partial charge on any atom is 0.262 e. The molecule has 12 heteroatoms. The standard InChI is InChI=1S/2C6H15N.2H3O4P/c2*1-2-3-4-5-6-7;2*1-5(2,3)4/h2*2-7H2,1H3;2*(H3,1,2,3,4). The van der Waals surface area contributed by atoms with Gasteiger partial charge in [0.1, 0.15) is 0 Å². The Kier molecular flexibility index (Phi) is 30.7. The van der Waals surface area contributed by atoms with Crippen LogP contribution >= 0.6 is 15.6 Å². The molecule has 0 aromatic heterocycles. The molecular weight excluding hydrogens is 362 g/mol. The van der Waals surface area contributed by atoms with Crippen molar-refractivity contribution in [3.05, 3.63) is 0 Å². The molecule has 0 unspecified atom stereocenters. The maximum atomic E-state index is 8.77. The SMILES string of the molecule is CCCCCC[NH3+].CCCCCC[NH3+].O=P([O-])(O)O.O=P([O-])(O)O. The van der Waals surface area contributed by atoms with Crippen LogP contribution in [-0.2, 0) is 9.13 Å². The molecule has 10 nitrogen and oxygen atoms in total. The molecule has 0 fully saturated rings. The average molecular weight is 398 g/mol. The lowest BCUT2D eigenvalue weighted by molar-refractivity contribution is -0.368. The third-order valence-corrected chi connectivity index (χ3v) is 2.21. The summed E-state index contributed by atoms with van der Waals surface area (Å²) in [5, 5.41) is 0. The van der Waals surface area contributed by atoms with E-state index in [9.17, 15) is 0 Å². The van der Waals surface area contributed by atoms with E-state index in [2.05, 4.69) is 25.3 Å². The highest BCUT2D eigenvalue weighted by Gasteiger charge is 1.83.